The smallest absolute Gasteiger partial charge is 0.223 e. The summed E-state index contributed by atoms with van der Waals surface area (Å²) in [6.45, 7) is 0.336. The molecular weight excluding hydrogens is 436 g/mol. The second kappa shape index (κ2) is 11.0. The molecule has 0 unspecified atom stereocenters. The highest BCUT2D eigenvalue weighted by Crippen LogP contribution is 2.31. The molecule has 2 aromatic carbocycles. The maximum atomic E-state index is 12.7. The standard InChI is InChI=1S/C23H30N2O4S.ClH/c1-24-19-11-8-16(9-12-19)23(26)25-15-18-14-17(10-13-21(18)29-2)20-6-4-5-7-22(20)30(3,27)28;/h4-7,10,13-14,16,19,24H,8-9,11-12,15H2,1-3H3,(H,25,26);1H. The quantitative estimate of drug-likeness (QED) is 0.651. The van der Waals surface area contributed by atoms with Crippen LogP contribution in [-0.4, -0.2) is 40.8 Å². The Bertz CT molecular complexity index is 1000. The van der Waals surface area contributed by atoms with Crippen molar-refractivity contribution in [3.63, 3.8) is 0 Å². The fraction of sp³-hybridized carbons (Fsp3) is 0.435. The molecule has 3 rings (SSSR count). The average molecular weight is 467 g/mol. The first-order valence-corrected chi connectivity index (χ1v) is 12.1. The van der Waals surface area contributed by atoms with Gasteiger partial charge in [0.1, 0.15) is 5.75 Å². The van der Waals surface area contributed by atoms with Crippen LogP contribution in [0.2, 0.25) is 0 Å². The SMILES string of the molecule is CNC1CCC(C(=O)NCc2cc(-c3ccccc3S(C)(=O)=O)ccc2OC)CC1.Cl. The van der Waals surface area contributed by atoms with Gasteiger partial charge in [-0.2, -0.15) is 0 Å². The molecule has 2 N–H and O–H groups in total. The van der Waals surface area contributed by atoms with E-state index in [0.717, 1.165) is 36.8 Å². The monoisotopic (exact) mass is 466 g/mol. The number of ether oxygens (including phenoxy) is 1. The third kappa shape index (κ3) is 6.21. The zero-order valence-electron chi connectivity index (χ0n) is 18.2. The molecule has 0 atom stereocenters. The summed E-state index contributed by atoms with van der Waals surface area (Å²) in [6, 6.07) is 13.0. The fourth-order valence-corrected chi connectivity index (χ4v) is 4.99. The Balaban J connectivity index is 0.00000341. The summed E-state index contributed by atoms with van der Waals surface area (Å²) in [5.74, 6) is 0.762. The number of benzene rings is 2. The highest BCUT2D eigenvalue weighted by molar-refractivity contribution is 7.90. The van der Waals surface area contributed by atoms with Crippen LogP contribution in [0.4, 0.5) is 0 Å². The second-order valence-electron chi connectivity index (χ2n) is 7.85. The number of amides is 1. The van der Waals surface area contributed by atoms with Crippen LogP contribution >= 0.6 is 12.4 Å². The Hall–Kier alpha value is -2.09. The van der Waals surface area contributed by atoms with Crippen LogP contribution in [0, 0.1) is 5.92 Å². The van der Waals surface area contributed by atoms with E-state index >= 15 is 0 Å². The van der Waals surface area contributed by atoms with Crippen molar-refractivity contribution in [2.75, 3.05) is 20.4 Å². The Kier molecular flexibility index (Phi) is 8.91. The maximum absolute atomic E-state index is 12.7. The third-order valence-corrected chi connectivity index (χ3v) is 6.99. The Morgan fingerprint density at radius 3 is 2.39 bits per heavy atom. The number of halogens is 1. The molecule has 170 valence electrons. The van der Waals surface area contributed by atoms with E-state index in [-0.39, 0.29) is 29.1 Å². The minimum absolute atomic E-state index is 0. The predicted molar refractivity (Wildman–Crippen MR) is 125 cm³/mol. The zero-order valence-corrected chi connectivity index (χ0v) is 19.8. The Labute approximate surface area is 191 Å². The summed E-state index contributed by atoms with van der Waals surface area (Å²) in [7, 11) is 0.188. The van der Waals surface area contributed by atoms with Gasteiger partial charge in [-0.15, -0.1) is 12.4 Å². The van der Waals surface area contributed by atoms with Gasteiger partial charge in [0.2, 0.25) is 5.91 Å². The number of nitrogens with one attached hydrogen (secondary N) is 2. The van der Waals surface area contributed by atoms with Crippen LogP contribution in [0.25, 0.3) is 11.1 Å². The van der Waals surface area contributed by atoms with Gasteiger partial charge >= 0.3 is 0 Å². The number of hydrogen-bond acceptors (Lipinski definition) is 5. The molecule has 0 saturated heterocycles. The number of methoxy groups -OCH3 is 1. The summed E-state index contributed by atoms with van der Waals surface area (Å²) in [6.07, 6.45) is 5.00. The molecule has 0 heterocycles. The van der Waals surface area contributed by atoms with Gasteiger partial charge in [0.15, 0.2) is 9.84 Å². The van der Waals surface area contributed by atoms with Gasteiger partial charge in [-0.05, 0) is 56.5 Å². The van der Waals surface area contributed by atoms with Crippen molar-refractivity contribution in [3.8, 4) is 16.9 Å². The lowest BCUT2D eigenvalue weighted by molar-refractivity contribution is -0.126. The minimum atomic E-state index is -3.36. The third-order valence-electron chi connectivity index (χ3n) is 5.84. The number of carbonyl (C=O) groups is 1. The van der Waals surface area contributed by atoms with E-state index in [9.17, 15) is 13.2 Å². The van der Waals surface area contributed by atoms with Crippen LogP contribution in [0.15, 0.2) is 47.4 Å². The first kappa shape index (κ1) is 25.2. The van der Waals surface area contributed by atoms with E-state index in [1.165, 1.54) is 6.26 Å². The van der Waals surface area contributed by atoms with Crippen LogP contribution in [0.3, 0.4) is 0 Å². The molecule has 0 aliphatic heterocycles. The van der Waals surface area contributed by atoms with Crippen molar-refractivity contribution < 1.29 is 17.9 Å². The number of sulfone groups is 1. The largest absolute Gasteiger partial charge is 0.496 e. The van der Waals surface area contributed by atoms with Gasteiger partial charge in [-0.1, -0.05) is 24.3 Å². The molecule has 0 radical (unpaired) electrons. The molecule has 8 heteroatoms. The molecule has 1 saturated carbocycles. The van der Waals surface area contributed by atoms with Gasteiger partial charge in [-0.25, -0.2) is 8.42 Å². The van der Waals surface area contributed by atoms with Crippen molar-refractivity contribution in [2.24, 2.45) is 5.92 Å². The second-order valence-corrected chi connectivity index (χ2v) is 9.83. The number of hydrogen-bond donors (Lipinski definition) is 2. The molecular formula is C23H31ClN2O4S. The molecule has 0 bridgehead atoms. The summed E-state index contributed by atoms with van der Waals surface area (Å²) in [4.78, 5) is 12.9. The average Bonchev–Trinajstić information content (AvgIpc) is 2.76. The van der Waals surface area contributed by atoms with E-state index < -0.39 is 9.84 Å². The van der Waals surface area contributed by atoms with Crippen LogP contribution in [-0.2, 0) is 21.2 Å². The summed E-state index contributed by atoms with van der Waals surface area (Å²) in [5.41, 5.74) is 2.23. The first-order chi connectivity index (χ1) is 14.3. The van der Waals surface area contributed by atoms with Gasteiger partial charge in [0, 0.05) is 35.9 Å². The fourth-order valence-electron chi connectivity index (χ4n) is 4.08. The maximum Gasteiger partial charge on any atom is 0.223 e. The first-order valence-electron chi connectivity index (χ1n) is 10.2. The molecule has 1 aliphatic carbocycles. The molecule has 2 aromatic rings. The highest BCUT2D eigenvalue weighted by Gasteiger charge is 2.25. The molecule has 0 aromatic heterocycles. The van der Waals surface area contributed by atoms with Gasteiger partial charge in [-0.3, -0.25) is 4.79 Å². The van der Waals surface area contributed by atoms with Crippen molar-refractivity contribution in [1.82, 2.24) is 10.6 Å². The lowest BCUT2D eigenvalue weighted by Crippen LogP contribution is -2.37. The molecule has 1 fully saturated rings. The summed E-state index contributed by atoms with van der Waals surface area (Å²) >= 11 is 0. The molecule has 1 amide bonds. The van der Waals surface area contributed by atoms with E-state index in [1.54, 1.807) is 25.3 Å². The Morgan fingerprint density at radius 2 is 1.77 bits per heavy atom. The van der Waals surface area contributed by atoms with Gasteiger partial charge in [0.05, 0.1) is 12.0 Å². The number of rotatable bonds is 7. The summed E-state index contributed by atoms with van der Waals surface area (Å²) in [5, 5.41) is 6.32. The minimum Gasteiger partial charge on any atom is -0.496 e. The van der Waals surface area contributed by atoms with Gasteiger partial charge in [0.25, 0.3) is 0 Å². The van der Waals surface area contributed by atoms with E-state index in [2.05, 4.69) is 10.6 Å². The Morgan fingerprint density at radius 1 is 1.10 bits per heavy atom. The zero-order chi connectivity index (χ0) is 21.7. The predicted octanol–water partition coefficient (Wildman–Crippen LogP) is 3.58. The van der Waals surface area contributed by atoms with Gasteiger partial charge < -0.3 is 15.4 Å². The van der Waals surface area contributed by atoms with E-state index in [0.29, 0.717) is 23.9 Å². The van der Waals surface area contributed by atoms with Crippen LogP contribution in [0.1, 0.15) is 31.2 Å². The van der Waals surface area contributed by atoms with Crippen LogP contribution in [0.5, 0.6) is 5.75 Å². The van der Waals surface area contributed by atoms with Crippen molar-refractivity contribution in [1.29, 1.82) is 0 Å². The van der Waals surface area contributed by atoms with E-state index in [1.807, 2.05) is 31.3 Å². The number of carbonyl (C=O) groups excluding carboxylic acids is 1. The summed E-state index contributed by atoms with van der Waals surface area (Å²) < 4.78 is 29.8. The van der Waals surface area contributed by atoms with Crippen molar-refractivity contribution >= 4 is 28.2 Å². The molecule has 31 heavy (non-hydrogen) atoms. The molecule has 0 spiro atoms. The van der Waals surface area contributed by atoms with Crippen molar-refractivity contribution in [3.05, 3.63) is 48.0 Å². The van der Waals surface area contributed by atoms with E-state index in [4.69, 9.17) is 4.74 Å². The van der Waals surface area contributed by atoms with Crippen molar-refractivity contribution in [2.45, 2.75) is 43.2 Å². The lowest BCUT2D eigenvalue weighted by Gasteiger charge is -2.27. The molecule has 1 aliphatic rings. The highest BCUT2D eigenvalue weighted by atomic mass is 35.5. The molecule has 6 nitrogen and oxygen atoms in total. The lowest BCUT2D eigenvalue weighted by atomic mass is 9.85. The topological polar surface area (TPSA) is 84.5 Å². The normalized spacial score (nSPS) is 18.7. The van der Waals surface area contributed by atoms with Crippen LogP contribution < -0.4 is 15.4 Å².